The van der Waals surface area contributed by atoms with E-state index in [-0.39, 0.29) is 6.03 Å². The summed E-state index contributed by atoms with van der Waals surface area (Å²) in [4.78, 5) is 14.1. The van der Waals surface area contributed by atoms with Crippen molar-refractivity contribution in [1.29, 1.82) is 0 Å². The smallest absolute Gasteiger partial charge is 0.317 e. The van der Waals surface area contributed by atoms with Gasteiger partial charge in [0.15, 0.2) is 0 Å². The van der Waals surface area contributed by atoms with Crippen molar-refractivity contribution in [3.63, 3.8) is 0 Å². The molecule has 0 saturated carbocycles. The maximum atomic E-state index is 12.1. The number of nitrogens with one attached hydrogen (secondary N) is 1. The lowest BCUT2D eigenvalue weighted by Gasteiger charge is -2.35. The highest BCUT2D eigenvalue weighted by atomic mass is 16.5. The minimum absolute atomic E-state index is 0.119. The number of ether oxygens (including phenoxy) is 1. The van der Waals surface area contributed by atoms with Gasteiger partial charge < -0.3 is 15.0 Å². The Hall–Kier alpha value is -0.770. The number of nitrogens with zero attached hydrogens (tertiary/aromatic N) is 1. The largest absolute Gasteiger partial charge is 0.378 e. The van der Waals surface area contributed by atoms with E-state index in [2.05, 4.69) is 19.2 Å². The van der Waals surface area contributed by atoms with Crippen LogP contribution in [-0.4, -0.2) is 43.3 Å². The molecule has 2 aliphatic heterocycles. The predicted molar refractivity (Wildman–Crippen MR) is 80.7 cm³/mol. The Morgan fingerprint density at radius 2 is 2.10 bits per heavy atom. The number of piperidine rings is 1. The van der Waals surface area contributed by atoms with Crippen LogP contribution in [0.1, 0.15) is 52.4 Å². The summed E-state index contributed by atoms with van der Waals surface area (Å²) >= 11 is 0. The Morgan fingerprint density at radius 1 is 1.25 bits per heavy atom. The normalized spacial score (nSPS) is 31.1. The average Bonchev–Trinajstić information content (AvgIpc) is 2.47. The zero-order chi connectivity index (χ0) is 14.4. The molecular formula is C16H30N2O2. The van der Waals surface area contributed by atoms with Gasteiger partial charge in [0.25, 0.3) is 0 Å². The van der Waals surface area contributed by atoms with E-state index in [1.165, 1.54) is 19.3 Å². The second-order valence-corrected chi connectivity index (χ2v) is 6.55. The number of carbonyl (C=O) groups is 1. The lowest BCUT2D eigenvalue weighted by molar-refractivity contribution is 0.0102. The zero-order valence-electron chi connectivity index (χ0n) is 13.1. The number of likely N-dealkylation sites (tertiary alicyclic amines) is 1. The molecule has 4 heteroatoms. The third kappa shape index (κ3) is 4.65. The number of urea groups is 1. The molecule has 0 bridgehead atoms. The Kier molecular flexibility index (Phi) is 6.14. The Morgan fingerprint density at radius 3 is 2.80 bits per heavy atom. The molecule has 0 aromatic heterocycles. The fraction of sp³-hybridized carbons (Fsp3) is 0.938. The average molecular weight is 282 g/mol. The summed E-state index contributed by atoms with van der Waals surface area (Å²) in [7, 11) is 0. The molecule has 3 atom stereocenters. The molecule has 0 unspecified atom stereocenters. The standard InChI is InChI=1S/C16H30N2O2/c1-13-8-10-18(12-14(13)2)16(19)17-9-5-7-15-6-3-4-11-20-15/h13-15H,3-12H2,1-2H3,(H,17,19)/t13-,14-,15+/m1/s1. The number of hydrogen-bond donors (Lipinski definition) is 1. The van der Waals surface area contributed by atoms with Crippen LogP contribution >= 0.6 is 0 Å². The SMILES string of the molecule is C[C@@H]1CCN(C(=O)NCCC[C@@H]2CCCCO2)C[C@H]1C. The van der Waals surface area contributed by atoms with Crippen LogP contribution in [-0.2, 0) is 4.74 Å². The van der Waals surface area contributed by atoms with E-state index >= 15 is 0 Å². The van der Waals surface area contributed by atoms with Gasteiger partial charge in [-0.05, 0) is 50.4 Å². The topological polar surface area (TPSA) is 41.6 Å². The summed E-state index contributed by atoms with van der Waals surface area (Å²) in [5.74, 6) is 1.35. The second kappa shape index (κ2) is 7.87. The van der Waals surface area contributed by atoms with E-state index in [1.807, 2.05) is 4.90 Å². The quantitative estimate of drug-likeness (QED) is 0.805. The van der Waals surface area contributed by atoms with Crippen LogP contribution < -0.4 is 5.32 Å². The lowest BCUT2D eigenvalue weighted by atomic mass is 9.89. The van der Waals surface area contributed by atoms with Gasteiger partial charge in [-0.3, -0.25) is 0 Å². The summed E-state index contributed by atoms with van der Waals surface area (Å²) < 4.78 is 5.70. The molecule has 0 aromatic carbocycles. The number of amides is 2. The van der Waals surface area contributed by atoms with E-state index in [0.29, 0.717) is 12.0 Å². The molecule has 2 heterocycles. The first-order valence-corrected chi connectivity index (χ1v) is 8.31. The minimum atomic E-state index is 0.119. The van der Waals surface area contributed by atoms with Gasteiger partial charge in [-0.2, -0.15) is 0 Å². The van der Waals surface area contributed by atoms with Crippen molar-refractivity contribution in [3.8, 4) is 0 Å². The molecule has 2 saturated heterocycles. The monoisotopic (exact) mass is 282 g/mol. The van der Waals surface area contributed by atoms with Crippen LogP contribution in [0.3, 0.4) is 0 Å². The van der Waals surface area contributed by atoms with Gasteiger partial charge in [-0.15, -0.1) is 0 Å². The van der Waals surface area contributed by atoms with Crippen molar-refractivity contribution in [2.24, 2.45) is 11.8 Å². The number of rotatable bonds is 4. The van der Waals surface area contributed by atoms with E-state index in [4.69, 9.17) is 4.74 Å². The molecule has 0 spiro atoms. The fourth-order valence-corrected chi connectivity index (χ4v) is 3.12. The van der Waals surface area contributed by atoms with Crippen LogP contribution in [0.15, 0.2) is 0 Å². The van der Waals surface area contributed by atoms with Crippen LogP contribution in [0.4, 0.5) is 4.79 Å². The molecule has 116 valence electrons. The van der Waals surface area contributed by atoms with E-state index < -0.39 is 0 Å². The lowest BCUT2D eigenvalue weighted by Crippen LogP contribution is -2.47. The van der Waals surface area contributed by atoms with E-state index in [1.54, 1.807) is 0 Å². The van der Waals surface area contributed by atoms with Gasteiger partial charge in [-0.25, -0.2) is 4.79 Å². The molecule has 0 radical (unpaired) electrons. The summed E-state index contributed by atoms with van der Waals surface area (Å²) in [6.45, 7) is 8.02. The van der Waals surface area contributed by atoms with Gasteiger partial charge in [0.2, 0.25) is 0 Å². The first kappa shape index (κ1) is 15.6. The second-order valence-electron chi connectivity index (χ2n) is 6.55. The zero-order valence-corrected chi connectivity index (χ0v) is 13.1. The van der Waals surface area contributed by atoms with Crippen LogP contribution in [0.2, 0.25) is 0 Å². The Labute approximate surface area is 123 Å². The molecule has 0 aliphatic carbocycles. The van der Waals surface area contributed by atoms with Crippen molar-refractivity contribution in [2.75, 3.05) is 26.2 Å². The molecule has 4 nitrogen and oxygen atoms in total. The van der Waals surface area contributed by atoms with Crippen molar-refractivity contribution >= 4 is 6.03 Å². The van der Waals surface area contributed by atoms with Crippen LogP contribution in [0.25, 0.3) is 0 Å². The molecule has 2 amide bonds. The molecule has 20 heavy (non-hydrogen) atoms. The molecule has 2 rings (SSSR count). The molecular weight excluding hydrogens is 252 g/mol. The van der Waals surface area contributed by atoms with Crippen molar-refractivity contribution in [3.05, 3.63) is 0 Å². The van der Waals surface area contributed by atoms with Gasteiger partial charge >= 0.3 is 6.03 Å². The minimum Gasteiger partial charge on any atom is -0.378 e. The highest BCUT2D eigenvalue weighted by Crippen LogP contribution is 2.22. The van der Waals surface area contributed by atoms with E-state index in [0.717, 1.165) is 51.4 Å². The van der Waals surface area contributed by atoms with Crippen LogP contribution in [0.5, 0.6) is 0 Å². The van der Waals surface area contributed by atoms with Gasteiger partial charge in [-0.1, -0.05) is 13.8 Å². The number of hydrogen-bond acceptors (Lipinski definition) is 2. The summed E-state index contributed by atoms with van der Waals surface area (Å²) in [6, 6.07) is 0.119. The third-order valence-electron chi connectivity index (χ3n) is 4.87. The first-order valence-electron chi connectivity index (χ1n) is 8.31. The van der Waals surface area contributed by atoms with Crippen LogP contribution in [0, 0.1) is 11.8 Å². The first-order chi connectivity index (χ1) is 9.66. The van der Waals surface area contributed by atoms with Gasteiger partial charge in [0.05, 0.1) is 6.10 Å². The number of carbonyl (C=O) groups excluding carboxylic acids is 1. The van der Waals surface area contributed by atoms with Gasteiger partial charge in [0, 0.05) is 26.2 Å². The Bertz CT molecular complexity index is 303. The van der Waals surface area contributed by atoms with Gasteiger partial charge in [0.1, 0.15) is 0 Å². The van der Waals surface area contributed by atoms with Crippen molar-refractivity contribution in [1.82, 2.24) is 10.2 Å². The molecule has 0 aromatic rings. The summed E-state index contributed by atoms with van der Waals surface area (Å²) in [5, 5.41) is 3.06. The summed E-state index contributed by atoms with van der Waals surface area (Å²) in [6.07, 6.45) is 7.35. The van der Waals surface area contributed by atoms with Crippen molar-refractivity contribution < 1.29 is 9.53 Å². The maximum absolute atomic E-state index is 12.1. The highest BCUT2D eigenvalue weighted by molar-refractivity contribution is 5.74. The molecule has 2 fully saturated rings. The fourth-order valence-electron chi connectivity index (χ4n) is 3.12. The molecule has 2 aliphatic rings. The highest BCUT2D eigenvalue weighted by Gasteiger charge is 2.25. The maximum Gasteiger partial charge on any atom is 0.317 e. The summed E-state index contributed by atoms with van der Waals surface area (Å²) in [5.41, 5.74) is 0. The van der Waals surface area contributed by atoms with E-state index in [9.17, 15) is 4.79 Å². The Balaban J connectivity index is 1.58. The van der Waals surface area contributed by atoms with Crippen molar-refractivity contribution in [2.45, 2.75) is 58.5 Å². The molecule has 1 N–H and O–H groups in total. The third-order valence-corrected chi connectivity index (χ3v) is 4.87. The predicted octanol–water partition coefficient (Wildman–Crippen LogP) is 3.02.